The van der Waals surface area contributed by atoms with Crippen molar-refractivity contribution in [1.29, 1.82) is 0 Å². The molecule has 104 valence electrons. The van der Waals surface area contributed by atoms with E-state index >= 15 is 0 Å². The number of anilines is 1. The maximum atomic E-state index is 12.1. The van der Waals surface area contributed by atoms with Crippen molar-refractivity contribution >= 4 is 23.5 Å². The fourth-order valence-corrected chi connectivity index (χ4v) is 2.41. The van der Waals surface area contributed by atoms with Crippen LogP contribution in [-0.2, 0) is 16.0 Å². The van der Waals surface area contributed by atoms with Gasteiger partial charge in [0, 0.05) is 11.3 Å². The van der Waals surface area contributed by atoms with Gasteiger partial charge in [-0.2, -0.15) is 0 Å². The minimum atomic E-state index is -1.00. The van der Waals surface area contributed by atoms with Crippen molar-refractivity contribution in [1.82, 2.24) is 5.32 Å². The molecule has 1 aliphatic carbocycles. The number of carbonyl (C=O) groups excluding carboxylic acids is 2. The van der Waals surface area contributed by atoms with E-state index in [0.29, 0.717) is 11.3 Å². The highest BCUT2D eigenvalue weighted by Crippen LogP contribution is 2.33. The van der Waals surface area contributed by atoms with Gasteiger partial charge in [0.05, 0.1) is 6.42 Å². The first-order valence-corrected chi connectivity index (χ1v) is 6.51. The summed E-state index contributed by atoms with van der Waals surface area (Å²) in [6.45, 7) is 0. The molecule has 1 aliphatic heterocycles. The first-order chi connectivity index (χ1) is 9.54. The molecule has 3 N–H and O–H groups in total. The minimum absolute atomic E-state index is 0.0362. The van der Waals surface area contributed by atoms with Crippen LogP contribution < -0.4 is 10.6 Å². The third-order valence-electron chi connectivity index (χ3n) is 3.64. The molecule has 1 aromatic rings. The lowest BCUT2D eigenvalue weighted by molar-refractivity contribution is -0.139. The number of fused-ring (bicyclic) bond motifs is 1. The molecule has 6 heteroatoms. The molecule has 0 saturated heterocycles. The Bertz CT molecular complexity index is 607. The molecule has 0 aromatic heterocycles. The molecular weight excluding hydrogens is 260 g/mol. The van der Waals surface area contributed by atoms with E-state index in [1.54, 1.807) is 18.2 Å². The third-order valence-corrected chi connectivity index (χ3v) is 3.64. The van der Waals surface area contributed by atoms with E-state index in [0.717, 1.165) is 18.4 Å². The maximum Gasteiger partial charge on any atom is 0.326 e. The van der Waals surface area contributed by atoms with Crippen molar-refractivity contribution in [3.63, 3.8) is 0 Å². The molecule has 2 amide bonds. The summed E-state index contributed by atoms with van der Waals surface area (Å²) in [6.07, 6.45) is 1.92. The first-order valence-electron chi connectivity index (χ1n) is 6.51. The van der Waals surface area contributed by atoms with Crippen LogP contribution >= 0.6 is 0 Å². The summed E-state index contributed by atoms with van der Waals surface area (Å²) in [7, 11) is 0. The van der Waals surface area contributed by atoms with E-state index in [9.17, 15) is 14.4 Å². The number of rotatable bonds is 4. The average Bonchev–Trinajstić information content (AvgIpc) is 3.15. The van der Waals surface area contributed by atoms with Crippen LogP contribution in [-0.4, -0.2) is 28.9 Å². The predicted molar refractivity (Wildman–Crippen MR) is 70.4 cm³/mol. The number of amides is 2. The summed E-state index contributed by atoms with van der Waals surface area (Å²) in [5, 5.41) is 14.3. The van der Waals surface area contributed by atoms with Gasteiger partial charge in [0.25, 0.3) is 5.91 Å². The smallest absolute Gasteiger partial charge is 0.326 e. The van der Waals surface area contributed by atoms with Crippen molar-refractivity contribution in [3.8, 4) is 0 Å². The van der Waals surface area contributed by atoms with E-state index in [-0.39, 0.29) is 18.2 Å². The summed E-state index contributed by atoms with van der Waals surface area (Å²) in [5.74, 6) is -1.47. The summed E-state index contributed by atoms with van der Waals surface area (Å²) in [6, 6.07) is 4.07. The second kappa shape index (κ2) is 4.63. The van der Waals surface area contributed by atoms with Crippen molar-refractivity contribution < 1.29 is 19.5 Å². The highest BCUT2D eigenvalue weighted by Gasteiger charge is 2.37. The molecule has 1 atom stereocenters. The molecule has 1 unspecified atom stereocenters. The van der Waals surface area contributed by atoms with Crippen molar-refractivity contribution in [2.45, 2.75) is 25.3 Å². The Balaban J connectivity index is 1.76. The van der Waals surface area contributed by atoms with Crippen LogP contribution in [0.4, 0.5) is 5.69 Å². The van der Waals surface area contributed by atoms with Crippen LogP contribution in [0.2, 0.25) is 0 Å². The van der Waals surface area contributed by atoms with Crippen LogP contribution in [0.3, 0.4) is 0 Å². The van der Waals surface area contributed by atoms with E-state index in [4.69, 9.17) is 5.11 Å². The lowest BCUT2D eigenvalue weighted by atomic mass is 10.1. The van der Waals surface area contributed by atoms with Gasteiger partial charge >= 0.3 is 5.97 Å². The van der Waals surface area contributed by atoms with Gasteiger partial charge in [-0.15, -0.1) is 0 Å². The fraction of sp³-hybridized carbons (Fsp3) is 0.357. The first kappa shape index (κ1) is 12.7. The zero-order valence-corrected chi connectivity index (χ0v) is 10.7. The van der Waals surface area contributed by atoms with Crippen LogP contribution in [0.15, 0.2) is 18.2 Å². The standard InChI is InChI=1S/C14H14N2O4/c17-11-6-9-5-8(3-4-10(9)15-11)13(18)16-12(14(19)20)7-1-2-7/h3-5,7,12H,1-2,6H2,(H,15,17)(H,16,18)(H,19,20). The number of hydrogen-bond acceptors (Lipinski definition) is 3. The van der Waals surface area contributed by atoms with E-state index in [1.165, 1.54) is 0 Å². The molecule has 0 radical (unpaired) electrons. The summed E-state index contributed by atoms with van der Waals surface area (Å²) in [4.78, 5) is 34.5. The number of hydrogen-bond donors (Lipinski definition) is 3. The molecule has 0 spiro atoms. The SMILES string of the molecule is O=C1Cc2cc(C(=O)NC(C(=O)O)C3CC3)ccc2N1. The third kappa shape index (κ3) is 2.36. The lowest BCUT2D eigenvalue weighted by Crippen LogP contribution is -2.42. The van der Waals surface area contributed by atoms with Gasteiger partial charge in [0.2, 0.25) is 5.91 Å². The van der Waals surface area contributed by atoms with Crippen LogP contribution in [0.1, 0.15) is 28.8 Å². The summed E-state index contributed by atoms with van der Waals surface area (Å²) in [5.41, 5.74) is 1.86. The molecule has 1 aromatic carbocycles. The van der Waals surface area contributed by atoms with E-state index in [2.05, 4.69) is 10.6 Å². The number of carboxylic acids is 1. The topological polar surface area (TPSA) is 95.5 Å². The second-order valence-electron chi connectivity index (χ2n) is 5.22. The van der Waals surface area contributed by atoms with Crippen LogP contribution in [0.5, 0.6) is 0 Å². The summed E-state index contributed by atoms with van der Waals surface area (Å²) < 4.78 is 0. The number of benzene rings is 1. The fourth-order valence-electron chi connectivity index (χ4n) is 2.41. The van der Waals surface area contributed by atoms with Gasteiger partial charge in [-0.05, 0) is 42.5 Å². The molecule has 0 bridgehead atoms. The Morgan fingerprint density at radius 2 is 2.10 bits per heavy atom. The Morgan fingerprint density at radius 1 is 1.35 bits per heavy atom. The largest absolute Gasteiger partial charge is 0.480 e. The molecule has 2 aliphatic rings. The van der Waals surface area contributed by atoms with Gasteiger partial charge in [-0.1, -0.05) is 0 Å². The van der Waals surface area contributed by atoms with Gasteiger partial charge in [-0.3, -0.25) is 9.59 Å². The quantitative estimate of drug-likeness (QED) is 0.755. The van der Waals surface area contributed by atoms with Gasteiger partial charge in [0.1, 0.15) is 6.04 Å². The molecule has 1 fully saturated rings. The minimum Gasteiger partial charge on any atom is -0.480 e. The summed E-state index contributed by atoms with van der Waals surface area (Å²) >= 11 is 0. The van der Waals surface area contributed by atoms with Gasteiger partial charge in [0.15, 0.2) is 0 Å². The normalized spacial score (nSPS) is 18.1. The van der Waals surface area contributed by atoms with Crippen LogP contribution in [0, 0.1) is 5.92 Å². The molecule has 6 nitrogen and oxygen atoms in total. The average molecular weight is 274 g/mol. The van der Waals surface area contributed by atoms with Crippen molar-refractivity contribution in [2.75, 3.05) is 5.32 Å². The predicted octanol–water partition coefficient (Wildman–Crippen LogP) is 0.774. The zero-order chi connectivity index (χ0) is 14.3. The maximum absolute atomic E-state index is 12.1. The highest BCUT2D eigenvalue weighted by atomic mass is 16.4. The second-order valence-corrected chi connectivity index (χ2v) is 5.22. The van der Waals surface area contributed by atoms with E-state index < -0.39 is 17.9 Å². The lowest BCUT2D eigenvalue weighted by Gasteiger charge is -2.13. The Labute approximate surface area is 115 Å². The Kier molecular flexibility index (Phi) is 2.93. The van der Waals surface area contributed by atoms with Gasteiger partial charge < -0.3 is 15.7 Å². The van der Waals surface area contributed by atoms with Gasteiger partial charge in [-0.25, -0.2) is 4.79 Å². The zero-order valence-electron chi connectivity index (χ0n) is 10.7. The molecule has 1 saturated carbocycles. The number of carbonyl (C=O) groups is 3. The van der Waals surface area contributed by atoms with Crippen LogP contribution in [0.25, 0.3) is 0 Å². The molecule has 1 heterocycles. The number of carboxylic acid groups (broad SMARTS) is 1. The number of nitrogens with one attached hydrogen (secondary N) is 2. The Morgan fingerprint density at radius 3 is 2.75 bits per heavy atom. The Hall–Kier alpha value is -2.37. The molecule has 3 rings (SSSR count). The van der Waals surface area contributed by atoms with Crippen molar-refractivity contribution in [3.05, 3.63) is 29.3 Å². The molecule has 20 heavy (non-hydrogen) atoms. The monoisotopic (exact) mass is 274 g/mol. The van der Waals surface area contributed by atoms with Crippen molar-refractivity contribution in [2.24, 2.45) is 5.92 Å². The van der Waals surface area contributed by atoms with E-state index in [1.807, 2.05) is 0 Å². The highest BCUT2D eigenvalue weighted by molar-refractivity contribution is 6.02. The molecular formula is C14H14N2O4. The number of aliphatic carboxylic acids is 1.